The number of anilines is 1. The number of amides is 1. The summed E-state index contributed by atoms with van der Waals surface area (Å²) in [4.78, 5) is 18.0. The van der Waals surface area contributed by atoms with Crippen molar-refractivity contribution in [1.82, 2.24) is 20.1 Å². The van der Waals surface area contributed by atoms with Crippen molar-refractivity contribution in [1.29, 1.82) is 0 Å². The SMILES string of the molecule is CCNc1ccc(C(=O)N(C)Cc2ncn[nH]2)c(C)c1. The Morgan fingerprint density at radius 3 is 2.85 bits per heavy atom. The fraction of sp³-hybridized carbons (Fsp3) is 0.357. The number of aromatic nitrogens is 3. The fourth-order valence-electron chi connectivity index (χ4n) is 2.03. The molecule has 6 heteroatoms. The van der Waals surface area contributed by atoms with Crippen molar-refractivity contribution in [2.75, 3.05) is 18.9 Å². The highest BCUT2D eigenvalue weighted by atomic mass is 16.2. The molecule has 2 N–H and O–H groups in total. The van der Waals surface area contributed by atoms with Crippen molar-refractivity contribution in [3.63, 3.8) is 0 Å². The second kappa shape index (κ2) is 6.18. The van der Waals surface area contributed by atoms with Crippen LogP contribution in [-0.4, -0.2) is 39.6 Å². The number of aryl methyl sites for hydroxylation is 1. The highest BCUT2D eigenvalue weighted by Crippen LogP contribution is 2.17. The van der Waals surface area contributed by atoms with Crippen LogP contribution in [0, 0.1) is 6.92 Å². The van der Waals surface area contributed by atoms with Crippen LogP contribution >= 0.6 is 0 Å². The maximum atomic E-state index is 12.4. The Hall–Kier alpha value is -2.37. The van der Waals surface area contributed by atoms with Gasteiger partial charge in [0.05, 0.1) is 6.54 Å². The number of hydrogen-bond acceptors (Lipinski definition) is 4. The van der Waals surface area contributed by atoms with Crippen LogP contribution in [0.5, 0.6) is 0 Å². The predicted octanol–water partition coefficient (Wildman–Crippen LogP) is 1.82. The third-order valence-electron chi connectivity index (χ3n) is 3.04. The molecule has 2 rings (SSSR count). The van der Waals surface area contributed by atoms with Crippen LogP contribution in [0.15, 0.2) is 24.5 Å². The number of carbonyl (C=O) groups is 1. The molecule has 0 saturated heterocycles. The highest BCUT2D eigenvalue weighted by molar-refractivity contribution is 5.95. The standard InChI is InChI=1S/C14H19N5O/c1-4-15-11-5-6-12(10(2)7-11)14(20)19(3)8-13-16-9-17-18-13/h5-7,9,15H,4,8H2,1-3H3,(H,16,17,18). The molecule has 0 aliphatic rings. The number of carbonyl (C=O) groups excluding carboxylic acids is 1. The zero-order chi connectivity index (χ0) is 14.5. The number of benzene rings is 1. The van der Waals surface area contributed by atoms with E-state index in [2.05, 4.69) is 20.5 Å². The van der Waals surface area contributed by atoms with Gasteiger partial charge in [0, 0.05) is 24.8 Å². The van der Waals surface area contributed by atoms with Gasteiger partial charge in [-0.15, -0.1) is 0 Å². The molecule has 6 nitrogen and oxygen atoms in total. The van der Waals surface area contributed by atoms with E-state index in [-0.39, 0.29) is 5.91 Å². The first kappa shape index (κ1) is 14.0. The topological polar surface area (TPSA) is 73.9 Å². The lowest BCUT2D eigenvalue weighted by atomic mass is 10.1. The lowest BCUT2D eigenvalue weighted by molar-refractivity contribution is 0.0781. The molecule has 0 fully saturated rings. The molecule has 106 valence electrons. The molecule has 20 heavy (non-hydrogen) atoms. The summed E-state index contributed by atoms with van der Waals surface area (Å²) < 4.78 is 0. The predicted molar refractivity (Wildman–Crippen MR) is 77.5 cm³/mol. The van der Waals surface area contributed by atoms with Crippen molar-refractivity contribution in [2.24, 2.45) is 0 Å². The van der Waals surface area contributed by atoms with Crippen LogP contribution in [0.3, 0.4) is 0 Å². The summed E-state index contributed by atoms with van der Waals surface area (Å²) in [7, 11) is 1.75. The van der Waals surface area contributed by atoms with Gasteiger partial charge in [0.2, 0.25) is 0 Å². The fourth-order valence-corrected chi connectivity index (χ4v) is 2.03. The van der Waals surface area contributed by atoms with Gasteiger partial charge in [0.25, 0.3) is 5.91 Å². The second-order valence-electron chi connectivity index (χ2n) is 4.65. The Morgan fingerprint density at radius 2 is 2.25 bits per heavy atom. The van der Waals surface area contributed by atoms with Crippen LogP contribution in [0.2, 0.25) is 0 Å². The van der Waals surface area contributed by atoms with E-state index in [4.69, 9.17) is 0 Å². The Kier molecular flexibility index (Phi) is 4.34. The van der Waals surface area contributed by atoms with Gasteiger partial charge in [-0.25, -0.2) is 4.98 Å². The van der Waals surface area contributed by atoms with E-state index < -0.39 is 0 Å². The highest BCUT2D eigenvalue weighted by Gasteiger charge is 2.15. The second-order valence-corrected chi connectivity index (χ2v) is 4.65. The average Bonchev–Trinajstić information content (AvgIpc) is 2.91. The quantitative estimate of drug-likeness (QED) is 0.871. The average molecular weight is 273 g/mol. The first-order valence-electron chi connectivity index (χ1n) is 6.56. The van der Waals surface area contributed by atoms with Gasteiger partial charge in [-0.3, -0.25) is 9.89 Å². The van der Waals surface area contributed by atoms with Crippen LogP contribution in [0.1, 0.15) is 28.7 Å². The number of rotatable bonds is 5. The summed E-state index contributed by atoms with van der Waals surface area (Å²) >= 11 is 0. The zero-order valence-corrected chi connectivity index (χ0v) is 12.0. The number of aromatic amines is 1. The summed E-state index contributed by atoms with van der Waals surface area (Å²) in [6.07, 6.45) is 1.43. The van der Waals surface area contributed by atoms with Gasteiger partial charge in [0.1, 0.15) is 12.2 Å². The zero-order valence-electron chi connectivity index (χ0n) is 12.0. The molecular weight excluding hydrogens is 254 g/mol. The van der Waals surface area contributed by atoms with Gasteiger partial charge in [-0.1, -0.05) is 0 Å². The van der Waals surface area contributed by atoms with E-state index in [1.807, 2.05) is 32.0 Å². The molecule has 1 aromatic heterocycles. The number of nitrogens with one attached hydrogen (secondary N) is 2. The normalized spacial score (nSPS) is 10.3. The van der Waals surface area contributed by atoms with E-state index in [0.29, 0.717) is 17.9 Å². The molecule has 0 spiro atoms. The molecule has 0 unspecified atom stereocenters. The van der Waals surface area contributed by atoms with Crippen molar-refractivity contribution in [2.45, 2.75) is 20.4 Å². The molecule has 1 aromatic carbocycles. The Labute approximate surface area is 118 Å². The van der Waals surface area contributed by atoms with Gasteiger partial charge in [-0.05, 0) is 37.6 Å². The van der Waals surface area contributed by atoms with Gasteiger partial charge >= 0.3 is 0 Å². The maximum Gasteiger partial charge on any atom is 0.254 e. The number of nitrogens with zero attached hydrogens (tertiary/aromatic N) is 3. The molecule has 0 aliphatic carbocycles. The van der Waals surface area contributed by atoms with E-state index >= 15 is 0 Å². The molecule has 0 saturated carbocycles. The van der Waals surface area contributed by atoms with Crippen LogP contribution in [-0.2, 0) is 6.54 Å². The number of H-pyrrole nitrogens is 1. The Balaban J connectivity index is 2.12. The van der Waals surface area contributed by atoms with E-state index in [0.717, 1.165) is 17.8 Å². The van der Waals surface area contributed by atoms with E-state index in [1.54, 1.807) is 11.9 Å². The van der Waals surface area contributed by atoms with E-state index in [9.17, 15) is 4.79 Å². The third kappa shape index (κ3) is 3.14. The van der Waals surface area contributed by atoms with Crippen LogP contribution < -0.4 is 5.32 Å². The largest absolute Gasteiger partial charge is 0.385 e. The minimum atomic E-state index is -0.0260. The van der Waals surface area contributed by atoms with Crippen molar-refractivity contribution < 1.29 is 4.79 Å². The number of hydrogen-bond donors (Lipinski definition) is 2. The third-order valence-corrected chi connectivity index (χ3v) is 3.04. The Bertz CT molecular complexity index is 579. The lowest BCUT2D eigenvalue weighted by Crippen LogP contribution is -2.27. The Morgan fingerprint density at radius 1 is 1.45 bits per heavy atom. The summed E-state index contributed by atoms with van der Waals surface area (Å²) in [6.45, 7) is 5.25. The monoisotopic (exact) mass is 273 g/mol. The molecule has 1 heterocycles. The van der Waals surface area contributed by atoms with Crippen LogP contribution in [0.25, 0.3) is 0 Å². The molecule has 1 amide bonds. The molecule has 0 radical (unpaired) electrons. The van der Waals surface area contributed by atoms with Crippen molar-refractivity contribution >= 4 is 11.6 Å². The summed E-state index contributed by atoms with van der Waals surface area (Å²) in [5.41, 5.74) is 2.69. The lowest BCUT2D eigenvalue weighted by Gasteiger charge is -2.17. The summed E-state index contributed by atoms with van der Waals surface area (Å²) in [6, 6.07) is 5.76. The molecule has 0 aliphatic heterocycles. The van der Waals surface area contributed by atoms with Gasteiger partial charge in [0.15, 0.2) is 0 Å². The molecule has 2 aromatic rings. The molecule has 0 bridgehead atoms. The van der Waals surface area contributed by atoms with Gasteiger partial charge < -0.3 is 10.2 Å². The first-order valence-corrected chi connectivity index (χ1v) is 6.56. The maximum absolute atomic E-state index is 12.4. The van der Waals surface area contributed by atoms with Crippen molar-refractivity contribution in [3.8, 4) is 0 Å². The van der Waals surface area contributed by atoms with Crippen LogP contribution in [0.4, 0.5) is 5.69 Å². The summed E-state index contributed by atoms with van der Waals surface area (Å²) in [5.74, 6) is 0.643. The smallest absolute Gasteiger partial charge is 0.254 e. The molecule has 0 atom stereocenters. The van der Waals surface area contributed by atoms with Crippen molar-refractivity contribution in [3.05, 3.63) is 41.5 Å². The van der Waals surface area contributed by atoms with Gasteiger partial charge in [-0.2, -0.15) is 5.10 Å². The first-order chi connectivity index (χ1) is 9.61. The van der Waals surface area contributed by atoms with E-state index in [1.165, 1.54) is 6.33 Å². The minimum Gasteiger partial charge on any atom is -0.385 e. The molecular formula is C14H19N5O. The summed E-state index contributed by atoms with van der Waals surface area (Å²) in [5, 5.41) is 9.76. The minimum absolute atomic E-state index is 0.0260.